The molecule has 1 N–H and O–H groups in total. The maximum atomic E-state index is 5.73. The van der Waals surface area contributed by atoms with Crippen LogP contribution in [0.5, 0.6) is 0 Å². The molecule has 0 heterocycles. The molecule has 5 aromatic carbocycles. The second kappa shape index (κ2) is 10.6. The first-order valence-electron chi connectivity index (χ1n) is 11.6. The van der Waals surface area contributed by atoms with Crippen LogP contribution in [-0.2, 0) is 6.54 Å². The van der Waals surface area contributed by atoms with E-state index < -0.39 is 0 Å². The Morgan fingerprint density at radius 2 is 1.42 bits per heavy atom. The van der Waals surface area contributed by atoms with Gasteiger partial charge in [0, 0.05) is 18.2 Å². The molecule has 5 rings (SSSR count). The molecule has 0 aliphatic heterocycles. The molecular weight excluding hydrogens is 442 g/mol. The number of rotatable bonds is 9. The number of benzene rings is 5. The van der Waals surface area contributed by atoms with E-state index >= 15 is 0 Å². The largest absolute Gasteiger partial charge is 0.313 e. The summed E-state index contributed by atoms with van der Waals surface area (Å²) in [6, 6.07) is 33.4. The fourth-order valence-electron chi connectivity index (χ4n) is 4.61. The van der Waals surface area contributed by atoms with Crippen molar-refractivity contribution in [3.05, 3.63) is 96.6 Å². The fraction of sp³-hybridized carbons (Fsp3) is 0.200. The van der Waals surface area contributed by atoms with E-state index in [0.717, 1.165) is 24.7 Å². The number of hydrogen-bond acceptors (Lipinski definition) is 2. The number of thioether (sulfide) groups is 1. The summed E-state index contributed by atoms with van der Waals surface area (Å²) >= 11 is 7.66. The Hall–Kier alpha value is -2.52. The molecule has 1 nitrogen and oxygen atoms in total. The normalized spacial score (nSPS) is 11.5. The molecule has 0 aliphatic rings. The summed E-state index contributed by atoms with van der Waals surface area (Å²) < 4.78 is 0. The molecule has 0 unspecified atom stereocenters. The summed E-state index contributed by atoms with van der Waals surface area (Å²) in [7, 11) is 0. The van der Waals surface area contributed by atoms with Gasteiger partial charge in [0.05, 0.1) is 0 Å². The van der Waals surface area contributed by atoms with E-state index in [1.54, 1.807) is 0 Å². The zero-order valence-corrected chi connectivity index (χ0v) is 20.3. The highest BCUT2D eigenvalue weighted by molar-refractivity contribution is 7.99. The van der Waals surface area contributed by atoms with E-state index in [1.807, 2.05) is 11.8 Å². The van der Waals surface area contributed by atoms with Crippen molar-refractivity contribution in [1.82, 2.24) is 5.32 Å². The SMILES string of the molecule is ClCCSCCCNCc1ccc(-c2c3ccccc3cc3c2ccc2ccccc23)cc1. The predicted molar refractivity (Wildman–Crippen MR) is 149 cm³/mol. The Balaban J connectivity index is 1.45. The van der Waals surface area contributed by atoms with Gasteiger partial charge in [-0.3, -0.25) is 0 Å². The Labute approximate surface area is 205 Å². The van der Waals surface area contributed by atoms with Crippen molar-refractivity contribution < 1.29 is 0 Å². The van der Waals surface area contributed by atoms with Gasteiger partial charge in [-0.25, -0.2) is 0 Å². The van der Waals surface area contributed by atoms with Crippen LogP contribution in [0, 0.1) is 0 Å². The van der Waals surface area contributed by atoms with E-state index in [4.69, 9.17) is 11.6 Å². The third-order valence-corrected chi connectivity index (χ3v) is 7.69. The van der Waals surface area contributed by atoms with Gasteiger partial charge in [0.1, 0.15) is 0 Å². The minimum absolute atomic E-state index is 0.743. The van der Waals surface area contributed by atoms with Crippen LogP contribution < -0.4 is 5.32 Å². The standard InChI is InChI=1S/C30H28ClNS/c31-16-19-33-18-5-17-32-21-22-10-12-24(13-11-22)30-27-9-4-2-7-25(27)20-29-26-8-3-1-6-23(26)14-15-28(29)30/h1-4,6-15,20,32H,5,16-19,21H2. The first-order valence-corrected chi connectivity index (χ1v) is 13.3. The maximum absolute atomic E-state index is 5.73. The van der Waals surface area contributed by atoms with Crippen molar-refractivity contribution in [2.75, 3.05) is 23.9 Å². The van der Waals surface area contributed by atoms with Crippen LogP contribution in [0.2, 0.25) is 0 Å². The Morgan fingerprint density at radius 1 is 0.667 bits per heavy atom. The quantitative estimate of drug-likeness (QED) is 0.101. The van der Waals surface area contributed by atoms with Gasteiger partial charge in [-0.2, -0.15) is 11.8 Å². The molecule has 0 radical (unpaired) electrons. The topological polar surface area (TPSA) is 12.0 Å². The smallest absolute Gasteiger partial charge is 0.0314 e. The molecule has 0 aromatic heterocycles. The number of nitrogens with one attached hydrogen (secondary N) is 1. The van der Waals surface area contributed by atoms with Crippen LogP contribution in [-0.4, -0.2) is 23.9 Å². The van der Waals surface area contributed by atoms with Crippen molar-refractivity contribution in [3.63, 3.8) is 0 Å². The molecule has 0 amide bonds. The number of halogens is 1. The van der Waals surface area contributed by atoms with Crippen molar-refractivity contribution in [1.29, 1.82) is 0 Å². The van der Waals surface area contributed by atoms with Gasteiger partial charge in [-0.1, -0.05) is 84.9 Å². The number of hydrogen-bond donors (Lipinski definition) is 1. The molecule has 0 saturated heterocycles. The van der Waals surface area contributed by atoms with Crippen LogP contribution in [0.25, 0.3) is 43.4 Å². The van der Waals surface area contributed by atoms with Gasteiger partial charge in [0.15, 0.2) is 0 Å². The number of fused-ring (bicyclic) bond motifs is 4. The molecular formula is C30H28ClNS. The highest BCUT2D eigenvalue weighted by Gasteiger charge is 2.12. The number of alkyl halides is 1. The molecule has 166 valence electrons. The van der Waals surface area contributed by atoms with Crippen LogP contribution in [0.1, 0.15) is 12.0 Å². The van der Waals surface area contributed by atoms with E-state index in [2.05, 4.69) is 96.3 Å². The third kappa shape index (κ3) is 4.89. The van der Waals surface area contributed by atoms with Gasteiger partial charge in [-0.15, -0.1) is 11.6 Å². The third-order valence-electron chi connectivity index (χ3n) is 6.21. The predicted octanol–water partition coefficient (Wildman–Crippen LogP) is 8.26. The summed E-state index contributed by atoms with van der Waals surface area (Å²) in [4.78, 5) is 0. The van der Waals surface area contributed by atoms with Gasteiger partial charge >= 0.3 is 0 Å². The summed E-state index contributed by atoms with van der Waals surface area (Å²) in [6.07, 6.45) is 1.18. The van der Waals surface area contributed by atoms with Gasteiger partial charge in [0.2, 0.25) is 0 Å². The molecule has 0 fully saturated rings. The molecule has 0 spiro atoms. The summed E-state index contributed by atoms with van der Waals surface area (Å²) in [5, 5.41) is 11.4. The van der Waals surface area contributed by atoms with E-state index in [9.17, 15) is 0 Å². The average Bonchev–Trinajstić information content (AvgIpc) is 2.87. The fourth-order valence-corrected chi connectivity index (χ4v) is 5.60. The monoisotopic (exact) mass is 469 g/mol. The molecule has 0 atom stereocenters. The zero-order chi connectivity index (χ0) is 22.5. The molecule has 33 heavy (non-hydrogen) atoms. The second-order valence-electron chi connectivity index (χ2n) is 8.38. The minimum atomic E-state index is 0.743. The van der Waals surface area contributed by atoms with Crippen molar-refractivity contribution in [2.45, 2.75) is 13.0 Å². The Morgan fingerprint density at radius 3 is 2.24 bits per heavy atom. The zero-order valence-electron chi connectivity index (χ0n) is 18.7. The molecule has 0 bridgehead atoms. The molecule has 0 aliphatic carbocycles. The molecule has 0 saturated carbocycles. The van der Waals surface area contributed by atoms with E-state index in [-0.39, 0.29) is 0 Å². The lowest BCUT2D eigenvalue weighted by Crippen LogP contribution is -2.15. The van der Waals surface area contributed by atoms with Crippen molar-refractivity contribution in [3.8, 4) is 11.1 Å². The maximum Gasteiger partial charge on any atom is 0.0314 e. The van der Waals surface area contributed by atoms with Crippen LogP contribution in [0.4, 0.5) is 0 Å². The van der Waals surface area contributed by atoms with Gasteiger partial charge in [0.25, 0.3) is 0 Å². The van der Waals surface area contributed by atoms with Gasteiger partial charge < -0.3 is 5.32 Å². The highest BCUT2D eigenvalue weighted by atomic mass is 35.5. The summed E-state index contributed by atoms with van der Waals surface area (Å²) in [5.41, 5.74) is 3.92. The second-order valence-corrected chi connectivity index (χ2v) is 9.99. The minimum Gasteiger partial charge on any atom is -0.313 e. The van der Waals surface area contributed by atoms with Crippen LogP contribution >= 0.6 is 23.4 Å². The van der Waals surface area contributed by atoms with E-state index in [0.29, 0.717) is 0 Å². The van der Waals surface area contributed by atoms with Crippen LogP contribution in [0.3, 0.4) is 0 Å². The van der Waals surface area contributed by atoms with Gasteiger partial charge in [-0.05, 0) is 73.8 Å². The lowest BCUT2D eigenvalue weighted by atomic mass is 9.89. The molecule has 5 aromatic rings. The Bertz CT molecular complexity index is 1380. The lowest BCUT2D eigenvalue weighted by molar-refractivity contribution is 0.679. The van der Waals surface area contributed by atoms with Crippen molar-refractivity contribution >= 4 is 55.7 Å². The Kier molecular flexibility index (Phi) is 7.16. The van der Waals surface area contributed by atoms with Crippen molar-refractivity contribution in [2.24, 2.45) is 0 Å². The summed E-state index contributed by atoms with van der Waals surface area (Å²) in [5.74, 6) is 2.95. The molecule has 3 heteroatoms. The highest BCUT2D eigenvalue weighted by Crippen LogP contribution is 2.39. The first kappa shape index (κ1) is 22.3. The van der Waals surface area contributed by atoms with Crippen LogP contribution in [0.15, 0.2) is 91.0 Å². The lowest BCUT2D eigenvalue weighted by Gasteiger charge is -2.14. The average molecular weight is 470 g/mol. The summed E-state index contributed by atoms with van der Waals surface area (Å²) in [6.45, 7) is 1.94. The van der Waals surface area contributed by atoms with E-state index in [1.165, 1.54) is 61.2 Å². The first-order chi connectivity index (χ1) is 16.3.